The second-order valence-electron chi connectivity index (χ2n) is 7.72. The summed E-state index contributed by atoms with van der Waals surface area (Å²) < 4.78 is 26.9. The second-order valence-corrected chi connectivity index (χ2v) is 10.5. The molecule has 0 radical (unpaired) electrons. The van der Waals surface area contributed by atoms with Crippen LogP contribution in [0.4, 0.5) is 5.69 Å². The molecule has 0 fully saturated rings. The van der Waals surface area contributed by atoms with E-state index in [9.17, 15) is 18.0 Å². The predicted octanol–water partition coefficient (Wildman–Crippen LogP) is 3.47. The van der Waals surface area contributed by atoms with Crippen LogP contribution in [-0.2, 0) is 26.2 Å². The molecule has 2 aromatic rings. The molecule has 0 heterocycles. The summed E-state index contributed by atoms with van der Waals surface area (Å²) in [5.74, 6) is -0.468. The van der Waals surface area contributed by atoms with E-state index in [1.807, 2.05) is 37.3 Å². The lowest BCUT2D eigenvalue weighted by atomic mass is 10.1. The summed E-state index contributed by atoms with van der Waals surface area (Å²) in [6.45, 7) is 4.03. The van der Waals surface area contributed by atoms with E-state index in [1.54, 1.807) is 25.1 Å². The first kappa shape index (κ1) is 25.9. The number of anilines is 1. The quantitative estimate of drug-likeness (QED) is 0.516. The molecule has 0 aliphatic heterocycles. The first-order valence-corrected chi connectivity index (χ1v) is 13.0. The van der Waals surface area contributed by atoms with Crippen molar-refractivity contribution in [1.82, 2.24) is 10.2 Å². The molecular weight excluding hydrogens is 494 g/mol. The van der Waals surface area contributed by atoms with Crippen LogP contribution < -0.4 is 9.62 Å². The van der Waals surface area contributed by atoms with Crippen molar-refractivity contribution in [1.29, 1.82) is 0 Å². The summed E-state index contributed by atoms with van der Waals surface area (Å²) in [4.78, 5) is 26.9. The molecule has 174 valence electrons. The zero-order valence-electron chi connectivity index (χ0n) is 18.8. The van der Waals surface area contributed by atoms with Crippen molar-refractivity contribution in [3.05, 3.63) is 64.1 Å². The highest BCUT2D eigenvalue weighted by Gasteiger charge is 2.26. The van der Waals surface area contributed by atoms with Crippen molar-refractivity contribution in [2.75, 3.05) is 24.2 Å². The summed E-state index contributed by atoms with van der Waals surface area (Å²) in [5, 5.41) is 2.59. The lowest BCUT2D eigenvalue weighted by Gasteiger charge is -2.29. The summed E-state index contributed by atoms with van der Waals surface area (Å²) in [7, 11) is -1.97. The smallest absolute Gasteiger partial charge is 0.242 e. The van der Waals surface area contributed by atoms with Crippen LogP contribution in [0.3, 0.4) is 0 Å². The molecule has 0 aliphatic rings. The van der Waals surface area contributed by atoms with E-state index in [0.29, 0.717) is 12.1 Å². The van der Waals surface area contributed by atoms with Crippen LogP contribution in [0.5, 0.6) is 0 Å². The maximum Gasteiger partial charge on any atom is 0.242 e. The Bertz CT molecular complexity index is 1060. The minimum absolute atomic E-state index is 0.118. The van der Waals surface area contributed by atoms with Crippen LogP contribution in [0.25, 0.3) is 0 Å². The Morgan fingerprint density at radius 3 is 2.41 bits per heavy atom. The number of sulfonamides is 1. The molecule has 1 N–H and O–H groups in total. The van der Waals surface area contributed by atoms with Crippen molar-refractivity contribution in [2.24, 2.45) is 0 Å². The lowest BCUT2D eigenvalue weighted by Crippen LogP contribution is -2.46. The number of nitrogens with zero attached hydrogens (tertiary/aromatic N) is 2. The number of benzene rings is 2. The fourth-order valence-electron chi connectivity index (χ4n) is 3.41. The van der Waals surface area contributed by atoms with Gasteiger partial charge in [0.05, 0.1) is 11.9 Å². The molecule has 0 spiro atoms. The van der Waals surface area contributed by atoms with Gasteiger partial charge in [0.15, 0.2) is 0 Å². The number of hydrogen-bond acceptors (Lipinski definition) is 4. The van der Waals surface area contributed by atoms with Crippen molar-refractivity contribution in [2.45, 2.75) is 39.3 Å². The summed E-state index contributed by atoms with van der Waals surface area (Å²) in [6.07, 6.45) is 1.60. The standard InChI is InChI=1S/C23H30BrN3O4S/c1-17-8-5-11-21(14-17)27(32(4,30)31)13-7-12-22(28)26(18(2)23(29)25-3)16-19-9-6-10-20(24)15-19/h5-6,8-11,14-15,18H,7,12-13,16H2,1-4H3,(H,25,29)/t18-/m0/s1. The average Bonchev–Trinajstić information content (AvgIpc) is 2.73. The second kappa shape index (κ2) is 11.5. The van der Waals surface area contributed by atoms with E-state index in [1.165, 1.54) is 16.3 Å². The number of rotatable bonds is 10. The molecule has 2 aromatic carbocycles. The third kappa shape index (κ3) is 7.34. The van der Waals surface area contributed by atoms with Crippen molar-refractivity contribution in [3.63, 3.8) is 0 Å². The highest BCUT2D eigenvalue weighted by molar-refractivity contribution is 9.10. The maximum absolute atomic E-state index is 13.1. The van der Waals surface area contributed by atoms with Gasteiger partial charge < -0.3 is 10.2 Å². The van der Waals surface area contributed by atoms with Gasteiger partial charge >= 0.3 is 0 Å². The number of hydrogen-bond donors (Lipinski definition) is 1. The maximum atomic E-state index is 13.1. The molecule has 7 nitrogen and oxygen atoms in total. The van der Waals surface area contributed by atoms with Gasteiger partial charge in [-0.05, 0) is 55.7 Å². The highest BCUT2D eigenvalue weighted by atomic mass is 79.9. The normalized spacial score (nSPS) is 12.2. The molecular formula is C23H30BrN3O4S. The molecule has 0 unspecified atom stereocenters. The highest BCUT2D eigenvalue weighted by Crippen LogP contribution is 2.21. The summed E-state index contributed by atoms with van der Waals surface area (Å²) >= 11 is 3.43. The Morgan fingerprint density at radius 1 is 1.12 bits per heavy atom. The minimum atomic E-state index is -3.50. The van der Waals surface area contributed by atoms with Gasteiger partial charge in [0.2, 0.25) is 21.8 Å². The van der Waals surface area contributed by atoms with E-state index in [-0.39, 0.29) is 31.3 Å². The molecule has 2 rings (SSSR count). The molecule has 1 atom stereocenters. The number of amides is 2. The number of halogens is 1. The first-order chi connectivity index (χ1) is 15.0. The largest absolute Gasteiger partial charge is 0.357 e. The van der Waals surface area contributed by atoms with Crippen molar-refractivity contribution < 1.29 is 18.0 Å². The Hall–Kier alpha value is -2.39. The van der Waals surface area contributed by atoms with Crippen LogP contribution in [0, 0.1) is 6.92 Å². The third-order valence-corrected chi connectivity index (χ3v) is 6.78. The van der Waals surface area contributed by atoms with Gasteiger partial charge in [-0.2, -0.15) is 0 Å². The third-order valence-electron chi connectivity index (χ3n) is 5.10. The van der Waals surface area contributed by atoms with E-state index in [2.05, 4.69) is 21.2 Å². The molecule has 9 heteroatoms. The molecule has 0 saturated carbocycles. The Labute approximate surface area is 199 Å². The average molecular weight is 524 g/mol. The Morgan fingerprint density at radius 2 is 1.81 bits per heavy atom. The molecule has 32 heavy (non-hydrogen) atoms. The summed E-state index contributed by atoms with van der Waals surface area (Å²) in [5.41, 5.74) is 2.41. The Balaban J connectivity index is 2.14. The van der Waals surface area contributed by atoms with Crippen LogP contribution in [-0.4, -0.2) is 51.0 Å². The summed E-state index contributed by atoms with van der Waals surface area (Å²) in [6, 6.07) is 14.1. The molecule has 2 amide bonds. The number of carbonyl (C=O) groups excluding carboxylic acids is 2. The van der Waals surface area contributed by atoms with Crippen LogP contribution in [0.2, 0.25) is 0 Å². The number of aryl methyl sites for hydroxylation is 1. The fraction of sp³-hybridized carbons (Fsp3) is 0.391. The van der Waals surface area contributed by atoms with E-state index in [4.69, 9.17) is 0 Å². The van der Waals surface area contributed by atoms with Crippen LogP contribution in [0.1, 0.15) is 30.9 Å². The SMILES string of the molecule is CNC(=O)[C@H](C)N(Cc1cccc(Br)c1)C(=O)CCCN(c1cccc(C)c1)S(C)(=O)=O. The van der Waals surface area contributed by atoms with Crippen LogP contribution >= 0.6 is 15.9 Å². The van der Waals surface area contributed by atoms with Gasteiger partial charge in [0.25, 0.3) is 0 Å². The molecule has 0 aliphatic carbocycles. The number of likely N-dealkylation sites (N-methyl/N-ethyl adjacent to an activating group) is 1. The fourth-order valence-corrected chi connectivity index (χ4v) is 4.81. The lowest BCUT2D eigenvalue weighted by molar-refractivity contribution is -0.140. The zero-order chi connectivity index (χ0) is 23.9. The number of carbonyl (C=O) groups is 2. The van der Waals surface area contributed by atoms with Gasteiger partial charge in [-0.25, -0.2) is 8.42 Å². The zero-order valence-corrected chi connectivity index (χ0v) is 21.2. The van der Waals surface area contributed by atoms with Crippen LogP contribution in [0.15, 0.2) is 53.0 Å². The van der Waals surface area contributed by atoms with Gasteiger partial charge in [-0.3, -0.25) is 13.9 Å². The molecule has 0 bridgehead atoms. The molecule has 0 aromatic heterocycles. The van der Waals surface area contributed by atoms with Crippen molar-refractivity contribution >= 4 is 43.5 Å². The van der Waals surface area contributed by atoms with Gasteiger partial charge in [-0.1, -0.05) is 40.2 Å². The predicted molar refractivity (Wildman–Crippen MR) is 131 cm³/mol. The Kier molecular flexibility index (Phi) is 9.27. The van der Waals surface area contributed by atoms with E-state index >= 15 is 0 Å². The van der Waals surface area contributed by atoms with E-state index in [0.717, 1.165) is 21.9 Å². The first-order valence-electron chi connectivity index (χ1n) is 10.3. The van der Waals surface area contributed by atoms with Gasteiger partial charge in [0, 0.05) is 31.0 Å². The number of nitrogens with one attached hydrogen (secondary N) is 1. The molecule has 0 saturated heterocycles. The van der Waals surface area contributed by atoms with Crippen molar-refractivity contribution in [3.8, 4) is 0 Å². The van der Waals surface area contributed by atoms with Gasteiger partial charge in [0.1, 0.15) is 6.04 Å². The van der Waals surface area contributed by atoms with Gasteiger partial charge in [-0.15, -0.1) is 0 Å². The minimum Gasteiger partial charge on any atom is -0.357 e. The monoisotopic (exact) mass is 523 g/mol. The topological polar surface area (TPSA) is 86.8 Å². The van der Waals surface area contributed by atoms with E-state index < -0.39 is 16.1 Å².